The summed E-state index contributed by atoms with van der Waals surface area (Å²) in [6.07, 6.45) is 1.07. The SMILES string of the molecule is CCCOCCn1c(CN)cc2ccccc21. The Morgan fingerprint density at radius 3 is 2.82 bits per heavy atom. The first kappa shape index (κ1) is 12.1. The molecule has 92 valence electrons. The molecule has 1 aromatic carbocycles. The summed E-state index contributed by atoms with van der Waals surface area (Å²) in [5.41, 5.74) is 8.20. The highest BCUT2D eigenvalue weighted by atomic mass is 16.5. The van der Waals surface area contributed by atoms with E-state index in [-0.39, 0.29) is 0 Å². The van der Waals surface area contributed by atoms with E-state index in [1.807, 2.05) is 0 Å². The topological polar surface area (TPSA) is 40.2 Å². The van der Waals surface area contributed by atoms with Crippen molar-refractivity contribution in [3.8, 4) is 0 Å². The fourth-order valence-electron chi connectivity index (χ4n) is 2.10. The van der Waals surface area contributed by atoms with Crippen LogP contribution in [0.15, 0.2) is 30.3 Å². The molecule has 2 aromatic rings. The van der Waals surface area contributed by atoms with E-state index < -0.39 is 0 Å². The molecule has 1 aromatic heterocycles. The predicted molar refractivity (Wildman–Crippen MR) is 70.9 cm³/mol. The molecule has 17 heavy (non-hydrogen) atoms. The van der Waals surface area contributed by atoms with Crippen LogP contribution in [-0.4, -0.2) is 17.8 Å². The largest absolute Gasteiger partial charge is 0.380 e. The number of hydrogen-bond acceptors (Lipinski definition) is 2. The van der Waals surface area contributed by atoms with Gasteiger partial charge in [-0.05, 0) is 23.9 Å². The second-order valence-electron chi connectivity index (χ2n) is 4.16. The van der Waals surface area contributed by atoms with Gasteiger partial charge in [0.15, 0.2) is 0 Å². The molecule has 0 aliphatic carbocycles. The molecule has 0 atom stereocenters. The van der Waals surface area contributed by atoms with Crippen molar-refractivity contribution in [2.45, 2.75) is 26.4 Å². The fraction of sp³-hybridized carbons (Fsp3) is 0.429. The summed E-state index contributed by atoms with van der Waals surface area (Å²) in [4.78, 5) is 0. The molecule has 0 aliphatic heterocycles. The van der Waals surface area contributed by atoms with E-state index in [1.165, 1.54) is 16.6 Å². The summed E-state index contributed by atoms with van der Waals surface area (Å²) in [6, 6.07) is 10.5. The van der Waals surface area contributed by atoms with Gasteiger partial charge in [-0.1, -0.05) is 25.1 Å². The number of hydrogen-bond donors (Lipinski definition) is 1. The molecule has 2 N–H and O–H groups in total. The number of fused-ring (bicyclic) bond motifs is 1. The quantitative estimate of drug-likeness (QED) is 0.777. The molecule has 0 radical (unpaired) electrons. The highest BCUT2D eigenvalue weighted by molar-refractivity contribution is 5.81. The van der Waals surface area contributed by atoms with Crippen LogP contribution in [0, 0.1) is 0 Å². The van der Waals surface area contributed by atoms with Gasteiger partial charge in [0.1, 0.15) is 0 Å². The lowest BCUT2D eigenvalue weighted by Gasteiger charge is -2.09. The molecule has 2 rings (SSSR count). The summed E-state index contributed by atoms with van der Waals surface area (Å²) in [7, 11) is 0. The summed E-state index contributed by atoms with van der Waals surface area (Å²) in [5.74, 6) is 0. The van der Waals surface area contributed by atoms with Crippen molar-refractivity contribution in [3.63, 3.8) is 0 Å². The van der Waals surface area contributed by atoms with Crippen LogP contribution < -0.4 is 5.73 Å². The van der Waals surface area contributed by atoms with Crippen molar-refractivity contribution in [1.82, 2.24) is 4.57 Å². The molecule has 0 spiro atoms. The zero-order valence-electron chi connectivity index (χ0n) is 10.4. The Labute approximate surface area is 102 Å². The highest BCUT2D eigenvalue weighted by Crippen LogP contribution is 2.19. The molecule has 0 aliphatic rings. The Morgan fingerprint density at radius 2 is 2.06 bits per heavy atom. The Balaban J connectivity index is 2.18. The molecule has 3 nitrogen and oxygen atoms in total. The second-order valence-corrected chi connectivity index (χ2v) is 4.16. The van der Waals surface area contributed by atoms with Crippen LogP contribution >= 0.6 is 0 Å². The van der Waals surface area contributed by atoms with Crippen molar-refractivity contribution >= 4 is 10.9 Å². The molecule has 0 fully saturated rings. The van der Waals surface area contributed by atoms with E-state index in [4.69, 9.17) is 10.5 Å². The first-order chi connectivity index (χ1) is 8.36. The normalized spacial score (nSPS) is 11.2. The van der Waals surface area contributed by atoms with Crippen LogP contribution in [0.3, 0.4) is 0 Å². The minimum absolute atomic E-state index is 0.572. The van der Waals surface area contributed by atoms with Crippen molar-refractivity contribution in [1.29, 1.82) is 0 Å². The second kappa shape index (κ2) is 5.84. The third kappa shape index (κ3) is 2.68. The Bertz CT molecular complexity index is 476. The number of ether oxygens (including phenoxy) is 1. The Hall–Kier alpha value is -1.32. The molecule has 0 unspecified atom stereocenters. The smallest absolute Gasteiger partial charge is 0.0645 e. The third-order valence-electron chi connectivity index (χ3n) is 2.91. The first-order valence-corrected chi connectivity index (χ1v) is 6.21. The van der Waals surface area contributed by atoms with E-state index >= 15 is 0 Å². The molecular weight excluding hydrogens is 212 g/mol. The van der Waals surface area contributed by atoms with Crippen LogP contribution in [0.2, 0.25) is 0 Å². The van der Waals surface area contributed by atoms with Gasteiger partial charge in [0.25, 0.3) is 0 Å². The van der Waals surface area contributed by atoms with E-state index in [9.17, 15) is 0 Å². The standard InChI is InChI=1S/C14H20N2O/c1-2-8-17-9-7-16-13(11-15)10-12-5-3-4-6-14(12)16/h3-6,10H,2,7-9,11,15H2,1H3. The maximum atomic E-state index is 5.78. The van der Waals surface area contributed by atoms with Crippen LogP contribution in [0.1, 0.15) is 19.0 Å². The molecule has 0 saturated heterocycles. The molecule has 0 amide bonds. The van der Waals surface area contributed by atoms with Crippen LogP contribution in [-0.2, 0) is 17.8 Å². The van der Waals surface area contributed by atoms with Crippen molar-refractivity contribution in [2.24, 2.45) is 5.73 Å². The fourth-order valence-corrected chi connectivity index (χ4v) is 2.10. The average Bonchev–Trinajstić information content (AvgIpc) is 2.73. The molecule has 1 heterocycles. The van der Waals surface area contributed by atoms with Gasteiger partial charge in [-0.2, -0.15) is 0 Å². The Kier molecular flexibility index (Phi) is 4.18. The summed E-state index contributed by atoms with van der Waals surface area (Å²) in [6.45, 7) is 5.15. The van der Waals surface area contributed by atoms with Crippen molar-refractivity contribution < 1.29 is 4.74 Å². The maximum Gasteiger partial charge on any atom is 0.0645 e. The molecule has 0 saturated carbocycles. The van der Waals surface area contributed by atoms with Gasteiger partial charge in [0.05, 0.1) is 6.61 Å². The molecule has 3 heteroatoms. The van der Waals surface area contributed by atoms with Crippen molar-refractivity contribution in [2.75, 3.05) is 13.2 Å². The number of rotatable bonds is 6. The van der Waals surface area contributed by atoms with Gasteiger partial charge in [-0.15, -0.1) is 0 Å². The van der Waals surface area contributed by atoms with E-state index in [2.05, 4.69) is 41.8 Å². The zero-order chi connectivity index (χ0) is 12.1. The number of nitrogens with zero attached hydrogens (tertiary/aromatic N) is 1. The van der Waals surface area contributed by atoms with Gasteiger partial charge in [-0.3, -0.25) is 0 Å². The van der Waals surface area contributed by atoms with Crippen LogP contribution in [0.4, 0.5) is 0 Å². The monoisotopic (exact) mass is 232 g/mol. The number of nitrogens with two attached hydrogens (primary N) is 1. The Morgan fingerprint density at radius 1 is 1.24 bits per heavy atom. The van der Waals surface area contributed by atoms with Gasteiger partial charge in [0, 0.05) is 30.9 Å². The highest BCUT2D eigenvalue weighted by Gasteiger charge is 2.06. The van der Waals surface area contributed by atoms with Crippen LogP contribution in [0.25, 0.3) is 10.9 Å². The zero-order valence-corrected chi connectivity index (χ0v) is 10.4. The lowest BCUT2D eigenvalue weighted by molar-refractivity contribution is 0.127. The minimum atomic E-state index is 0.572. The maximum absolute atomic E-state index is 5.78. The molecule has 0 bridgehead atoms. The van der Waals surface area contributed by atoms with Gasteiger partial charge >= 0.3 is 0 Å². The number of para-hydroxylation sites is 1. The van der Waals surface area contributed by atoms with E-state index in [0.29, 0.717) is 6.54 Å². The minimum Gasteiger partial charge on any atom is -0.380 e. The van der Waals surface area contributed by atoms with Gasteiger partial charge in [-0.25, -0.2) is 0 Å². The van der Waals surface area contributed by atoms with Gasteiger partial charge in [0.2, 0.25) is 0 Å². The lowest BCUT2D eigenvalue weighted by atomic mass is 10.2. The number of benzene rings is 1. The average molecular weight is 232 g/mol. The third-order valence-corrected chi connectivity index (χ3v) is 2.91. The summed E-state index contributed by atoms with van der Waals surface area (Å²) < 4.78 is 7.80. The number of aromatic nitrogens is 1. The van der Waals surface area contributed by atoms with Gasteiger partial charge < -0.3 is 15.0 Å². The van der Waals surface area contributed by atoms with E-state index in [0.717, 1.165) is 26.2 Å². The lowest BCUT2D eigenvalue weighted by Crippen LogP contribution is -2.11. The molecular formula is C14H20N2O. The van der Waals surface area contributed by atoms with Crippen LogP contribution in [0.5, 0.6) is 0 Å². The first-order valence-electron chi connectivity index (χ1n) is 6.21. The van der Waals surface area contributed by atoms with E-state index in [1.54, 1.807) is 0 Å². The predicted octanol–water partition coefficient (Wildman–Crippen LogP) is 2.53. The van der Waals surface area contributed by atoms with Crippen molar-refractivity contribution in [3.05, 3.63) is 36.0 Å². The summed E-state index contributed by atoms with van der Waals surface area (Å²) >= 11 is 0. The summed E-state index contributed by atoms with van der Waals surface area (Å²) in [5, 5.41) is 1.25.